The van der Waals surface area contributed by atoms with Gasteiger partial charge in [-0.1, -0.05) is 13.8 Å². The Kier molecular flexibility index (Phi) is 6.22. The lowest BCUT2D eigenvalue weighted by Crippen LogP contribution is -2.52. The Morgan fingerprint density at radius 2 is 2.11 bits per heavy atom. The van der Waals surface area contributed by atoms with Crippen molar-refractivity contribution in [1.82, 2.24) is 9.03 Å². The van der Waals surface area contributed by atoms with Crippen LogP contribution in [0.3, 0.4) is 0 Å². The number of nitrogens with zero attached hydrogens (tertiary/aromatic N) is 1. The highest BCUT2D eigenvalue weighted by molar-refractivity contribution is 7.87. The van der Waals surface area contributed by atoms with Gasteiger partial charge in [-0.15, -0.1) is 0 Å². The van der Waals surface area contributed by atoms with Crippen molar-refractivity contribution in [3.05, 3.63) is 0 Å². The van der Waals surface area contributed by atoms with Crippen molar-refractivity contribution in [2.45, 2.75) is 52.0 Å². The lowest BCUT2D eigenvalue weighted by atomic mass is 10.1. The van der Waals surface area contributed by atoms with E-state index in [2.05, 4.69) is 18.6 Å². The van der Waals surface area contributed by atoms with Crippen LogP contribution in [0.15, 0.2) is 0 Å². The van der Waals surface area contributed by atoms with E-state index < -0.39 is 22.2 Å². The molecular weight excluding hydrogens is 268 g/mol. The summed E-state index contributed by atoms with van der Waals surface area (Å²) in [5.74, 6) is -0.529. The maximum absolute atomic E-state index is 12.1. The van der Waals surface area contributed by atoms with Crippen molar-refractivity contribution in [2.75, 3.05) is 13.1 Å². The number of hydrogen-bond acceptors (Lipinski definition) is 3. The van der Waals surface area contributed by atoms with E-state index in [0.29, 0.717) is 18.9 Å². The van der Waals surface area contributed by atoms with Crippen LogP contribution in [0.2, 0.25) is 0 Å². The van der Waals surface area contributed by atoms with Gasteiger partial charge < -0.3 is 5.11 Å². The van der Waals surface area contributed by atoms with Crippen molar-refractivity contribution >= 4 is 16.2 Å². The van der Waals surface area contributed by atoms with Crippen LogP contribution in [-0.2, 0) is 15.0 Å². The molecule has 0 bridgehead atoms. The van der Waals surface area contributed by atoms with Crippen LogP contribution < -0.4 is 4.72 Å². The van der Waals surface area contributed by atoms with Gasteiger partial charge in [0.25, 0.3) is 10.2 Å². The fraction of sp³-hybridized carbons (Fsp3) is 0.917. The molecule has 1 fully saturated rings. The molecule has 0 aliphatic carbocycles. The summed E-state index contributed by atoms with van der Waals surface area (Å²) in [4.78, 5) is 11.1. The molecule has 1 aliphatic heterocycles. The molecule has 1 heterocycles. The normalized spacial score (nSPS) is 21.7. The summed E-state index contributed by atoms with van der Waals surface area (Å²) >= 11 is 0. The van der Waals surface area contributed by atoms with Crippen LogP contribution in [0, 0.1) is 5.92 Å². The maximum atomic E-state index is 12.1. The molecule has 0 saturated carbocycles. The van der Waals surface area contributed by atoms with Gasteiger partial charge in [0.15, 0.2) is 0 Å². The van der Waals surface area contributed by atoms with Crippen molar-refractivity contribution in [3.8, 4) is 0 Å². The topological polar surface area (TPSA) is 86.7 Å². The largest absolute Gasteiger partial charge is 0.480 e. The van der Waals surface area contributed by atoms with E-state index in [1.807, 2.05) is 0 Å². The molecule has 0 amide bonds. The molecule has 1 saturated heterocycles. The Bertz CT molecular complexity index is 395. The lowest BCUT2D eigenvalue weighted by molar-refractivity contribution is -0.142. The zero-order valence-electron chi connectivity index (χ0n) is 11.6. The minimum absolute atomic E-state index is 0.288. The number of aliphatic carboxylic acids is 1. The second-order valence-electron chi connectivity index (χ2n) is 5.40. The molecule has 0 spiro atoms. The van der Waals surface area contributed by atoms with E-state index in [-0.39, 0.29) is 6.54 Å². The Morgan fingerprint density at radius 1 is 1.42 bits per heavy atom. The van der Waals surface area contributed by atoms with Crippen molar-refractivity contribution in [3.63, 3.8) is 0 Å². The van der Waals surface area contributed by atoms with Gasteiger partial charge in [-0.25, -0.2) is 4.72 Å². The van der Waals surface area contributed by atoms with Crippen LogP contribution in [0.25, 0.3) is 0 Å². The Hall–Kier alpha value is -0.660. The predicted molar refractivity (Wildman–Crippen MR) is 73.0 cm³/mol. The predicted octanol–water partition coefficient (Wildman–Crippen LogP) is 1.20. The molecule has 0 aromatic rings. The Morgan fingerprint density at radius 3 is 2.68 bits per heavy atom. The van der Waals surface area contributed by atoms with Crippen LogP contribution >= 0.6 is 0 Å². The van der Waals surface area contributed by atoms with Gasteiger partial charge in [0, 0.05) is 13.1 Å². The second kappa shape index (κ2) is 7.21. The second-order valence-corrected chi connectivity index (χ2v) is 7.10. The smallest absolute Gasteiger partial charge is 0.322 e. The fourth-order valence-corrected chi connectivity index (χ4v) is 3.70. The first kappa shape index (κ1) is 16.4. The maximum Gasteiger partial charge on any atom is 0.322 e. The molecule has 6 nitrogen and oxygen atoms in total. The zero-order valence-corrected chi connectivity index (χ0v) is 12.4. The minimum Gasteiger partial charge on any atom is -0.480 e. The van der Waals surface area contributed by atoms with Gasteiger partial charge in [0.2, 0.25) is 0 Å². The SMILES string of the molecule is CC(C)CCCNS(=O)(=O)N1CCCCC1C(=O)O. The summed E-state index contributed by atoms with van der Waals surface area (Å²) in [5, 5.41) is 9.08. The summed E-state index contributed by atoms with van der Waals surface area (Å²) in [6.45, 7) is 4.82. The van der Waals surface area contributed by atoms with E-state index >= 15 is 0 Å². The molecule has 1 aliphatic rings. The van der Waals surface area contributed by atoms with Gasteiger partial charge in [0.1, 0.15) is 6.04 Å². The first-order valence-electron chi connectivity index (χ1n) is 6.84. The monoisotopic (exact) mass is 292 g/mol. The number of carboxylic acid groups (broad SMARTS) is 1. The Balaban J connectivity index is 2.56. The molecule has 1 rings (SSSR count). The van der Waals surface area contributed by atoms with Gasteiger partial charge in [-0.2, -0.15) is 12.7 Å². The molecule has 0 aromatic heterocycles. The van der Waals surface area contributed by atoms with Crippen LogP contribution in [0.4, 0.5) is 0 Å². The van der Waals surface area contributed by atoms with Crippen LogP contribution in [0.1, 0.15) is 46.0 Å². The molecule has 112 valence electrons. The highest BCUT2D eigenvalue weighted by atomic mass is 32.2. The third kappa shape index (κ3) is 5.08. The highest BCUT2D eigenvalue weighted by Crippen LogP contribution is 2.20. The van der Waals surface area contributed by atoms with Gasteiger partial charge in [-0.3, -0.25) is 4.79 Å². The summed E-state index contributed by atoms with van der Waals surface area (Å²) in [7, 11) is -3.67. The standard InChI is InChI=1S/C12H24N2O4S/c1-10(2)6-5-8-13-19(17,18)14-9-4-3-7-11(14)12(15)16/h10-11,13H,3-9H2,1-2H3,(H,15,16). The Labute approximate surface area is 115 Å². The minimum atomic E-state index is -3.67. The third-order valence-corrected chi connectivity index (χ3v) is 4.91. The first-order valence-corrected chi connectivity index (χ1v) is 8.28. The summed E-state index contributed by atoms with van der Waals surface area (Å²) in [6.07, 6.45) is 3.59. The number of nitrogens with one attached hydrogen (secondary N) is 1. The van der Waals surface area contributed by atoms with Crippen LogP contribution in [0.5, 0.6) is 0 Å². The van der Waals surface area contributed by atoms with Gasteiger partial charge >= 0.3 is 5.97 Å². The average molecular weight is 292 g/mol. The quantitative estimate of drug-likeness (QED) is 0.690. The van der Waals surface area contributed by atoms with E-state index in [1.165, 1.54) is 0 Å². The van der Waals surface area contributed by atoms with Gasteiger partial charge in [-0.05, 0) is 38.0 Å². The molecule has 19 heavy (non-hydrogen) atoms. The zero-order chi connectivity index (χ0) is 14.5. The summed E-state index contributed by atoms with van der Waals surface area (Å²) in [6, 6.07) is -0.920. The molecule has 2 N–H and O–H groups in total. The fourth-order valence-electron chi connectivity index (χ4n) is 2.23. The lowest BCUT2D eigenvalue weighted by Gasteiger charge is -2.31. The van der Waals surface area contributed by atoms with Gasteiger partial charge in [0.05, 0.1) is 0 Å². The van der Waals surface area contributed by atoms with Crippen molar-refractivity contribution in [2.24, 2.45) is 5.92 Å². The summed E-state index contributed by atoms with van der Waals surface area (Å²) in [5.41, 5.74) is 0. The molecule has 1 unspecified atom stereocenters. The molecular formula is C12H24N2O4S. The number of hydrogen-bond donors (Lipinski definition) is 2. The number of carbonyl (C=O) groups is 1. The van der Waals surface area contributed by atoms with Crippen molar-refractivity contribution < 1.29 is 18.3 Å². The van der Waals surface area contributed by atoms with Crippen molar-refractivity contribution in [1.29, 1.82) is 0 Å². The van der Waals surface area contributed by atoms with E-state index in [4.69, 9.17) is 5.11 Å². The third-order valence-electron chi connectivity index (χ3n) is 3.29. The van der Waals surface area contributed by atoms with Crippen LogP contribution in [-0.4, -0.2) is 42.9 Å². The van der Waals surface area contributed by atoms with E-state index in [1.54, 1.807) is 0 Å². The molecule has 0 aromatic carbocycles. The van der Waals surface area contributed by atoms with E-state index in [9.17, 15) is 13.2 Å². The number of carboxylic acids is 1. The number of piperidine rings is 1. The first-order chi connectivity index (χ1) is 8.84. The van der Waals surface area contributed by atoms with E-state index in [0.717, 1.165) is 30.0 Å². The molecule has 1 atom stereocenters. The molecule has 0 radical (unpaired) electrons. The average Bonchev–Trinajstić information content (AvgIpc) is 2.34. The number of rotatable bonds is 7. The molecule has 7 heteroatoms. The highest BCUT2D eigenvalue weighted by Gasteiger charge is 2.36. The summed E-state index contributed by atoms with van der Waals surface area (Å²) < 4.78 is 27.8.